The van der Waals surface area contributed by atoms with E-state index in [1.54, 1.807) is 0 Å². The molecule has 0 amide bonds. The van der Waals surface area contributed by atoms with Crippen LogP contribution in [0.2, 0.25) is 13.1 Å². The van der Waals surface area contributed by atoms with Gasteiger partial charge in [0.1, 0.15) is 0 Å². The Labute approximate surface area is 56.3 Å². The van der Waals surface area contributed by atoms with Gasteiger partial charge in [-0.3, -0.25) is 0 Å². The zero-order chi connectivity index (χ0) is 2.71. The molecule has 0 unspecified atom stereocenters. The average Bonchev–Trinajstić information content (AvgIpc) is 0.918. The van der Waals surface area contributed by atoms with Gasteiger partial charge in [0.25, 0.3) is 0 Å². The third-order valence-electron chi connectivity index (χ3n) is 0. The molecule has 31 valence electrons. The molecule has 2 heteroatoms. The van der Waals surface area contributed by atoms with Crippen LogP contribution in [0, 0.1) is 7.43 Å². The van der Waals surface area contributed by atoms with Gasteiger partial charge in [-0.25, -0.2) is 0 Å². The predicted octanol–water partition coefficient (Wildman–Crippen LogP) is 0.967. The Balaban J connectivity index is -0.0000000200. The maximum atomic E-state index is 2.21. The molecule has 0 atom stereocenters. The third kappa shape index (κ3) is 40.5. The van der Waals surface area contributed by atoms with Gasteiger partial charge in [-0.15, -0.1) is 0 Å². The minimum atomic E-state index is 0. The van der Waals surface area contributed by atoms with Crippen LogP contribution >= 0.6 is 0 Å². The number of hydrogen-bond donors (Lipinski definition) is 0. The summed E-state index contributed by atoms with van der Waals surface area (Å²) >= 11 is 0. The van der Waals surface area contributed by atoms with E-state index in [0.717, 1.165) is 9.52 Å². The van der Waals surface area contributed by atoms with Crippen molar-refractivity contribution in [2.24, 2.45) is 0 Å². The van der Waals surface area contributed by atoms with Gasteiger partial charge in [0.2, 0.25) is 0 Å². The minimum Gasteiger partial charge on any atom is -0.358 e. The molecule has 0 heterocycles. The van der Waals surface area contributed by atoms with E-state index < -0.39 is 0 Å². The van der Waals surface area contributed by atoms with Crippen LogP contribution in [-0.2, 0) is 26.2 Å². The molecule has 0 N–H and O–H groups in total. The van der Waals surface area contributed by atoms with Crippen LogP contribution in [0.5, 0.6) is 0 Å². The Bertz CT molecular complexity index is 6.85. The molecule has 0 spiro atoms. The van der Waals surface area contributed by atoms with Crippen LogP contribution in [0.3, 0.4) is 0 Å². The Morgan fingerprint density at radius 1 is 1.20 bits per heavy atom. The molecule has 0 bridgehead atoms. The van der Waals surface area contributed by atoms with E-state index in [1.807, 2.05) is 0 Å². The van der Waals surface area contributed by atoms with Crippen molar-refractivity contribution in [2.75, 3.05) is 0 Å². The fraction of sp³-hybridized carbons (Fsp3) is 0.667. The van der Waals surface area contributed by atoms with Crippen LogP contribution in [0.4, 0.5) is 0 Å². The zero-order valence-electron chi connectivity index (χ0n) is 4.08. The molecule has 0 aliphatic rings. The molecule has 1 radical (unpaired) electrons. The van der Waals surface area contributed by atoms with Crippen molar-refractivity contribution in [1.82, 2.24) is 0 Å². The maximum Gasteiger partial charge on any atom is 0.0213 e. The van der Waals surface area contributed by atoms with Crippen molar-refractivity contribution in [1.29, 1.82) is 0 Å². The molecule has 0 rings (SSSR count). The molecule has 0 aromatic heterocycles. The van der Waals surface area contributed by atoms with E-state index in [2.05, 4.69) is 13.1 Å². The molecule has 0 aromatic rings. The maximum absolute atomic E-state index is 2.21. The van der Waals surface area contributed by atoms with Crippen LogP contribution in [0.15, 0.2) is 0 Å². The molecular weight excluding hydrogens is 155 g/mol. The van der Waals surface area contributed by atoms with Crippen LogP contribution in [0.1, 0.15) is 0 Å². The van der Waals surface area contributed by atoms with Crippen molar-refractivity contribution >= 4 is 9.52 Å². The van der Waals surface area contributed by atoms with Crippen molar-refractivity contribution in [3.63, 3.8) is 0 Å². The molecule has 0 saturated heterocycles. The van der Waals surface area contributed by atoms with Gasteiger partial charge in [0.05, 0.1) is 0 Å². The summed E-state index contributed by atoms with van der Waals surface area (Å²) in [6, 6.07) is 0. The first-order valence-electron chi connectivity index (χ1n) is 1.15. The van der Waals surface area contributed by atoms with Crippen molar-refractivity contribution in [3.05, 3.63) is 7.43 Å². The summed E-state index contributed by atoms with van der Waals surface area (Å²) in [7, 11) is 0.750. The predicted molar refractivity (Wildman–Crippen MR) is 25.3 cm³/mol. The minimum absolute atomic E-state index is 0. The van der Waals surface area contributed by atoms with Crippen molar-refractivity contribution in [2.45, 2.75) is 13.1 Å². The molecule has 0 saturated carbocycles. The van der Waals surface area contributed by atoms with E-state index in [9.17, 15) is 0 Å². The summed E-state index contributed by atoms with van der Waals surface area (Å²) in [5.41, 5.74) is 0. The normalized spacial score (nSPS) is 3.60. The standard InChI is InChI=1S/C2H7Si.CH3.Zr/c1-3-2;;/h3H,1-2H3;1H3;/q;-1;. The van der Waals surface area contributed by atoms with Crippen LogP contribution in [0.25, 0.3) is 0 Å². The summed E-state index contributed by atoms with van der Waals surface area (Å²) in [5, 5.41) is 0. The van der Waals surface area contributed by atoms with Gasteiger partial charge < -0.3 is 7.43 Å². The summed E-state index contributed by atoms with van der Waals surface area (Å²) in [6.07, 6.45) is 0. The van der Waals surface area contributed by atoms with E-state index in [0.29, 0.717) is 0 Å². The monoisotopic (exact) mass is 164 g/mol. The zero-order valence-corrected chi connectivity index (χ0v) is 7.69. The second kappa shape index (κ2) is 19.4. The second-order valence-corrected chi connectivity index (χ2v) is 1.73. The first-order chi connectivity index (χ1) is 1.41. The summed E-state index contributed by atoms with van der Waals surface area (Å²) in [6.45, 7) is 4.42. The first kappa shape index (κ1) is 16.5. The van der Waals surface area contributed by atoms with E-state index in [4.69, 9.17) is 0 Å². The topological polar surface area (TPSA) is 0 Å². The Morgan fingerprint density at radius 3 is 1.20 bits per heavy atom. The molecule has 0 aromatic carbocycles. The Morgan fingerprint density at radius 2 is 1.20 bits per heavy atom. The van der Waals surface area contributed by atoms with Gasteiger partial charge in [-0.1, -0.05) is 13.1 Å². The largest absolute Gasteiger partial charge is 0.358 e. The van der Waals surface area contributed by atoms with E-state index in [-0.39, 0.29) is 33.6 Å². The average molecular weight is 165 g/mol. The van der Waals surface area contributed by atoms with Crippen molar-refractivity contribution < 1.29 is 26.2 Å². The van der Waals surface area contributed by atoms with Crippen molar-refractivity contribution in [3.8, 4) is 0 Å². The summed E-state index contributed by atoms with van der Waals surface area (Å²) in [5.74, 6) is 0. The number of hydrogen-bond acceptors (Lipinski definition) is 0. The second-order valence-electron chi connectivity index (χ2n) is 0.577. The molecule has 5 heavy (non-hydrogen) atoms. The molecule has 0 aliphatic heterocycles. The van der Waals surface area contributed by atoms with Crippen LogP contribution < -0.4 is 0 Å². The van der Waals surface area contributed by atoms with Gasteiger partial charge in [-0.2, -0.15) is 0 Å². The molecule has 0 fully saturated rings. The summed E-state index contributed by atoms with van der Waals surface area (Å²) < 4.78 is 0. The first-order valence-corrected chi connectivity index (χ1v) is 3.46. The smallest absolute Gasteiger partial charge is 0.0213 e. The summed E-state index contributed by atoms with van der Waals surface area (Å²) in [4.78, 5) is 0. The van der Waals surface area contributed by atoms with Gasteiger partial charge in [0, 0.05) is 35.7 Å². The Kier molecular flexibility index (Phi) is 64.2. The molecule has 0 aliphatic carbocycles. The fourth-order valence-electron chi connectivity index (χ4n) is 0. The van der Waals surface area contributed by atoms with Gasteiger partial charge in [-0.05, 0) is 0 Å². The van der Waals surface area contributed by atoms with E-state index >= 15 is 0 Å². The van der Waals surface area contributed by atoms with Gasteiger partial charge >= 0.3 is 0 Å². The van der Waals surface area contributed by atoms with Gasteiger partial charge in [0.15, 0.2) is 0 Å². The number of rotatable bonds is 0. The fourth-order valence-corrected chi connectivity index (χ4v) is 0. The van der Waals surface area contributed by atoms with Crippen LogP contribution in [-0.4, -0.2) is 9.52 Å². The third-order valence-corrected chi connectivity index (χ3v) is 0. The molecular formula is C3H10SiZr-. The molecule has 0 nitrogen and oxygen atoms in total. The van der Waals surface area contributed by atoms with E-state index in [1.165, 1.54) is 0 Å². The SMILES string of the molecule is C[SiH]C.[CH3-].[Zr]. The quantitative estimate of drug-likeness (QED) is 0.371. The Hall–Kier alpha value is 1.10.